The third kappa shape index (κ3) is 4.17. The van der Waals surface area contributed by atoms with Crippen LogP contribution in [0.1, 0.15) is 19.4 Å². The average Bonchev–Trinajstić information content (AvgIpc) is 2.45. The van der Waals surface area contributed by atoms with Crippen molar-refractivity contribution >= 4 is 5.97 Å². The van der Waals surface area contributed by atoms with Crippen LogP contribution in [0.25, 0.3) is 0 Å². The van der Waals surface area contributed by atoms with Crippen LogP contribution in [0.2, 0.25) is 0 Å². The zero-order chi connectivity index (χ0) is 15.9. The van der Waals surface area contributed by atoms with E-state index < -0.39 is 18.1 Å². The second-order valence-corrected chi connectivity index (χ2v) is 4.28. The van der Waals surface area contributed by atoms with Gasteiger partial charge in [0, 0.05) is 5.56 Å². The molecule has 1 unspecified atom stereocenters. The Bertz CT molecular complexity index is 528. The minimum atomic E-state index is -3.00. The fraction of sp³-hybridized carbons (Fsp3) is 0.400. The van der Waals surface area contributed by atoms with Crippen LogP contribution in [-0.4, -0.2) is 25.7 Å². The fourth-order valence-electron chi connectivity index (χ4n) is 1.86. The van der Waals surface area contributed by atoms with Crippen LogP contribution >= 0.6 is 0 Å². The maximum absolute atomic E-state index is 12.5. The smallest absolute Gasteiger partial charge is 0.387 e. The molecule has 0 saturated carbocycles. The summed E-state index contributed by atoms with van der Waals surface area (Å²) in [6.07, 6.45) is 5.19. The molecule has 1 N–H and O–H groups in total. The van der Waals surface area contributed by atoms with E-state index in [1.807, 2.05) is 0 Å². The number of hydrogen-bond acceptors (Lipinski definition) is 4. The van der Waals surface area contributed by atoms with Crippen molar-refractivity contribution in [1.82, 2.24) is 5.32 Å². The molecule has 0 aromatic heterocycles. The van der Waals surface area contributed by atoms with E-state index in [1.54, 1.807) is 13.0 Å². The molecular formula is C15H17F2NO3. The number of terminal acetylenes is 1. The number of ether oxygens (including phenoxy) is 2. The predicted molar refractivity (Wildman–Crippen MR) is 73.9 cm³/mol. The van der Waals surface area contributed by atoms with Crippen LogP contribution < -0.4 is 10.1 Å². The topological polar surface area (TPSA) is 47.6 Å². The molecule has 0 aliphatic rings. The summed E-state index contributed by atoms with van der Waals surface area (Å²) in [5.41, 5.74) is -1.15. The number of rotatable bonds is 7. The Balaban J connectivity index is 3.26. The van der Waals surface area contributed by atoms with Crippen molar-refractivity contribution in [3.63, 3.8) is 0 Å². The zero-order valence-corrected chi connectivity index (χ0v) is 11.9. The first kappa shape index (κ1) is 16.9. The Labute approximate surface area is 122 Å². The van der Waals surface area contributed by atoms with Crippen molar-refractivity contribution < 1.29 is 23.0 Å². The highest BCUT2D eigenvalue weighted by molar-refractivity contribution is 5.83. The fourth-order valence-corrected chi connectivity index (χ4v) is 1.86. The standard InChI is InChI=1S/C15H17F2NO3/c1-4-10-18-15(3,13(19)20-5-2)11-8-6-7-9-12(11)21-14(16)17/h1,6-9,14,18H,5,10H2,2-3H3. The van der Waals surface area contributed by atoms with Gasteiger partial charge in [-0.15, -0.1) is 6.42 Å². The number of halogens is 2. The Kier molecular flexibility index (Phi) is 6.12. The van der Waals surface area contributed by atoms with Crippen LogP contribution in [-0.2, 0) is 15.1 Å². The molecule has 0 amide bonds. The molecule has 0 aliphatic heterocycles. The number of carbonyl (C=O) groups is 1. The van der Waals surface area contributed by atoms with E-state index in [2.05, 4.69) is 16.0 Å². The number of esters is 1. The molecule has 6 heteroatoms. The summed E-state index contributed by atoms with van der Waals surface area (Å²) in [5, 5.41) is 2.82. The summed E-state index contributed by atoms with van der Waals surface area (Å²) >= 11 is 0. The first-order chi connectivity index (χ1) is 9.95. The third-order valence-corrected chi connectivity index (χ3v) is 2.87. The van der Waals surface area contributed by atoms with Crippen molar-refractivity contribution in [3.8, 4) is 18.1 Å². The molecule has 0 aliphatic carbocycles. The van der Waals surface area contributed by atoms with Gasteiger partial charge in [0.15, 0.2) is 0 Å². The zero-order valence-electron chi connectivity index (χ0n) is 11.9. The molecule has 21 heavy (non-hydrogen) atoms. The molecule has 1 atom stereocenters. The first-order valence-electron chi connectivity index (χ1n) is 6.35. The Morgan fingerprint density at radius 1 is 1.48 bits per heavy atom. The van der Waals surface area contributed by atoms with Gasteiger partial charge in [-0.05, 0) is 19.9 Å². The highest BCUT2D eigenvalue weighted by atomic mass is 19.3. The summed E-state index contributed by atoms with van der Waals surface area (Å²) in [7, 11) is 0. The van der Waals surface area contributed by atoms with Crippen molar-refractivity contribution in [2.45, 2.75) is 26.0 Å². The normalized spacial score (nSPS) is 13.3. The number of nitrogens with one attached hydrogen (secondary N) is 1. The molecule has 1 aromatic carbocycles. The molecule has 1 rings (SSSR count). The van der Waals surface area contributed by atoms with Gasteiger partial charge in [-0.1, -0.05) is 24.1 Å². The van der Waals surface area contributed by atoms with Crippen LogP contribution in [0.3, 0.4) is 0 Å². The van der Waals surface area contributed by atoms with Crippen LogP contribution in [0.5, 0.6) is 5.75 Å². The van der Waals surface area contributed by atoms with Crippen LogP contribution in [0, 0.1) is 12.3 Å². The number of carbonyl (C=O) groups excluding carboxylic acids is 1. The highest BCUT2D eigenvalue weighted by Gasteiger charge is 2.39. The summed E-state index contributed by atoms with van der Waals surface area (Å²) in [5.74, 6) is 1.62. The molecule has 0 bridgehead atoms. The maximum atomic E-state index is 12.5. The van der Waals surface area contributed by atoms with E-state index in [0.29, 0.717) is 0 Å². The summed E-state index contributed by atoms with van der Waals surface area (Å²) in [4.78, 5) is 12.2. The monoisotopic (exact) mass is 297 g/mol. The van der Waals surface area contributed by atoms with Crippen molar-refractivity contribution in [1.29, 1.82) is 0 Å². The molecule has 114 valence electrons. The molecule has 0 fully saturated rings. The summed E-state index contributed by atoms with van der Waals surface area (Å²) in [6.45, 7) is 0.393. The van der Waals surface area contributed by atoms with Crippen molar-refractivity contribution in [2.75, 3.05) is 13.2 Å². The summed E-state index contributed by atoms with van der Waals surface area (Å²) in [6, 6.07) is 6.02. The van der Waals surface area contributed by atoms with Gasteiger partial charge in [0.2, 0.25) is 0 Å². The lowest BCUT2D eigenvalue weighted by molar-refractivity contribution is -0.151. The summed E-state index contributed by atoms with van der Waals surface area (Å²) < 4.78 is 34.5. The quantitative estimate of drug-likeness (QED) is 0.619. The Morgan fingerprint density at radius 3 is 2.71 bits per heavy atom. The van der Waals surface area contributed by atoms with Gasteiger partial charge in [-0.3, -0.25) is 5.32 Å². The van der Waals surface area contributed by atoms with Gasteiger partial charge in [0.25, 0.3) is 0 Å². The highest BCUT2D eigenvalue weighted by Crippen LogP contribution is 2.32. The molecule has 0 saturated heterocycles. The van der Waals surface area contributed by atoms with Gasteiger partial charge < -0.3 is 9.47 Å². The number of hydrogen-bond donors (Lipinski definition) is 1. The third-order valence-electron chi connectivity index (χ3n) is 2.87. The minimum absolute atomic E-state index is 0.0678. The van der Waals surface area contributed by atoms with Gasteiger partial charge in [-0.25, -0.2) is 4.79 Å². The van der Waals surface area contributed by atoms with E-state index in [1.165, 1.54) is 25.1 Å². The Hall–Kier alpha value is -2.13. The minimum Gasteiger partial charge on any atom is -0.464 e. The predicted octanol–water partition coefficient (Wildman–Crippen LogP) is 2.29. The van der Waals surface area contributed by atoms with Gasteiger partial charge in [0.1, 0.15) is 11.3 Å². The van der Waals surface area contributed by atoms with E-state index >= 15 is 0 Å². The molecule has 0 heterocycles. The first-order valence-corrected chi connectivity index (χ1v) is 6.35. The second-order valence-electron chi connectivity index (χ2n) is 4.28. The van der Waals surface area contributed by atoms with Crippen LogP contribution in [0.4, 0.5) is 8.78 Å². The van der Waals surface area contributed by atoms with Crippen LogP contribution in [0.15, 0.2) is 24.3 Å². The van der Waals surface area contributed by atoms with Gasteiger partial charge in [0.05, 0.1) is 13.2 Å². The van der Waals surface area contributed by atoms with Crippen molar-refractivity contribution in [3.05, 3.63) is 29.8 Å². The Morgan fingerprint density at radius 2 is 2.14 bits per heavy atom. The average molecular weight is 297 g/mol. The maximum Gasteiger partial charge on any atom is 0.387 e. The van der Waals surface area contributed by atoms with Gasteiger partial charge in [-0.2, -0.15) is 8.78 Å². The lowest BCUT2D eigenvalue weighted by Crippen LogP contribution is -2.48. The van der Waals surface area contributed by atoms with E-state index in [-0.39, 0.29) is 24.5 Å². The van der Waals surface area contributed by atoms with E-state index in [4.69, 9.17) is 11.2 Å². The largest absolute Gasteiger partial charge is 0.464 e. The molecule has 4 nitrogen and oxygen atoms in total. The number of para-hydroxylation sites is 1. The molecular weight excluding hydrogens is 280 g/mol. The van der Waals surface area contributed by atoms with Gasteiger partial charge >= 0.3 is 12.6 Å². The molecule has 1 aromatic rings. The molecule has 0 spiro atoms. The molecule has 0 radical (unpaired) electrons. The van der Waals surface area contributed by atoms with E-state index in [9.17, 15) is 13.6 Å². The number of alkyl halides is 2. The van der Waals surface area contributed by atoms with Crippen molar-refractivity contribution in [2.24, 2.45) is 0 Å². The number of benzene rings is 1. The lowest BCUT2D eigenvalue weighted by Gasteiger charge is -2.29. The van der Waals surface area contributed by atoms with E-state index in [0.717, 1.165) is 0 Å². The second kappa shape index (κ2) is 7.60. The SMILES string of the molecule is C#CCNC(C)(C(=O)OCC)c1ccccc1OC(F)F. The lowest BCUT2D eigenvalue weighted by atomic mass is 9.91.